The Balaban J connectivity index is 1.78. The zero-order chi connectivity index (χ0) is 22.4. The first-order chi connectivity index (χ1) is 15.5. The van der Waals surface area contributed by atoms with Gasteiger partial charge in [0.2, 0.25) is 0 Å². The summed E-state index contributed by atoms with van der Waals surface area (Å²) in [4.78, 5) is 15.0. The van der Waals surface area contributed by atoms with Gasteiger partial charge in [0, 0.05) is 43.3 Å². The Morgan fingerprint density at radius 2 is 2.03 bits per heavy atom. The zero-order valence-electron chi connectivity index (χ0n) is 16.9. The molecule has 0 bridgehead atoms. The summed E-state index contributed by atoms with van der Waals surface area (Å²) < 4.78 is 35.7. The van der Waals surface area contributed by atoms with Gasteiger partial charge in [0.1, 0.15) is 33.9 Å². The maximum Gasteiger partial charge on any atom is 0.318 e. The second-order valence-corrected chi connectivity index (χ2v) is 8.26. The maximum absolute atomic E-state index is 15.8. The number of pyridine rings is 1. The molecular weight excluding hydrogens is 436 g/mol. The van der Waals surface area contributed by atoms with E-state index in [1.165, 1.54) is 25.4 Å². The van der Waals surface area contributed by atoms with E-state index in [2.05, 4.69) is 20.3 Å². The number of hydrogen-bond donors (Lipinski definition) is 2. The average Bonchev–Trinajstić information content (AvgIpc) is 3.17. The number of nitrogens with zero attached hydrogens (tertiary/aromatic N) is 5. The number of thiophene rings is 1. The van der Waals surface area contributed by atoms with Gasteiger partial charge in [-0.25, -0.2) is 8.78 Å². The van der Waals surface area contributed by atoms with Crippen LogP contribution < -0.4 is 20.7 Å². The van der Waals surface area contributed by atoms with Crippen molar-refractivity contribution < 1.29 is 13.5 Å². The number of nitrogens with two attached hydrogens (primary N) is 1. The lowest BCUT2D eigenvalue weighted by molar-refractivity contribution is 0.381. The number of piperazine rings is 1. The van der Waals surface area contributed by atoms with Crippen LogP contribution in [0.15, 0.2) is 18.3 Å². The monoisotopic (exact) mass is 453 g/mol. The first-order valence-corrected chi connectivity index (χ1v) is 10.6. The topological polar surface area (TPSA) is 113 Å². The molecule has 0 spiro atoms. The van der Waals surface area contributed by atoms with E-state index in [4.69, 9.17) is 10.5 Å². The fourth-order valence-electron chi connectivity index (χ4n) is 3.92. The molecule has 1 saturated heterocycles. The summed E-state index contributed by atoms with van der Waals surface area (Å²) in [5, 5.41) is 13.7. The van der Waals surface area contributed by atoms with Gasteiger partial charge < -0.3 is 20.7 Å². The minimum Gasteiger partial charge on any atom is -0.467 e. The molecule has 0 aliphatic carbocycles. The molecule has 162 valence electrons. The Morgan fingerprint density at radius 1 is 1.25 bits per heavy atom. The van der Waals surface area contributed by atoms with Crippen molar-refractivity contribution in [1.29, 1.82) is 5.26 Å². The lowest BCUT2D eigenvalue weighted by atomic mass is 10.0. The first kappa shape index (κ1) is 20.3. The quantitative estimate of drug-likeness (QED) is 0.487. The van der Waals surface area contributed by atoms with Crippen LogP contribution >= 0.6 is 11.3 Å². The Bertz CT molecular complexity index is 1410. The third-order valence-electron chi connectivity index (χ3n) is 5.43. The number of nitrogen functional groups attached to an aromatic ring is 1. The number of nitrogens with one attached hydrogen (secondary N) is 1. The van der Waals surface area contributed by atoms with E-state index < -0.39 is 11.6 Å². The van der Waals surface area contributed by atoms with Gasteiger partial charge in [-0.3, -0.25) is 4.98 Å². The van der Waals surface area contributed by atoms with Crippen LogP contribution in [0.2, 0.25) is 0 Å². The van der Waals surface area contributed by atoms with Crippen molar-refractivity contribution in [2.24, 2.45) is 0 Å². The second-order valence-electron chi connectivity index (χ2n) is 7.21. The van der Waals surface area contributed by atoms with Gasteiger partial charge in [-0.15, -0.1) is 11.3 Å². The smallest absolute Gasteiger partial charge is 0.318 e. The summed E-state index contributed by atoms with van der Waals surface area (Å²) >= 11 is 0.947. The van der Waals surface area contributed by atoms with Crippen LogP contribution in [0.5, 0.6) is 6.01 Å². The number of rotatable bonds is 3. The number of anilines is 2. The van der Waals surface area contributed by atoms with Crippen molar-refractivity contribution in [3.05, 3.63) is 35.5 Å². The highest BCUT2D eigenvalue weighted by molar-refractivity contribution is 7.23. The summed E-state index contributed by atoms with van der Waals surface area (Å²) in [6, 6.07) is 4.64. The molecule has 11 heteroatoms. The number of nitriles is 1. The Hall–Kier alpha value is -3.62. The van der Waals surface area contributed by atoms with Crippen molar-refractivity contribution in [2.45, 2.75) is 0 Å². The molecule has 1 fully saturated rings. The molecule has 1 aliphatic heterocycles. The molecule has 3 N–H and O–H groups in total. The van der Waals surface area contributed by atoms with Crippen molar-refractivity contribution >= 4 is 43.1 Å². The van der Waals surface area contributed by atoms with Crippen molar-refractivity contribution in [3.63, 3.8) is 0 Å². The molecule has 1 aliphatic rings. The predicted molar refractivity (Wildman–Crippen MR) is 119 cm³/mol. The average molecular weight is 453 g/mol. The van der Waals surface area contributed by atoms with Gasteiger partial charge in [-0.1, -0.05) is 0 Å². The zero-order valence-corrected chi connectivity index (χ0v) is 17.8. The van der Waals surface area contributed by atoms with Gasteiger partial charge in [-0.05, 0) is 12.1 Å². The van der Waals surface area contributed by atoms with Gasteiger partial charge in [-0.2, -0.15) is 15.2 Å². The van der Waals surface area contributed by atoms with Crippen LogP contribution in [-0.2, 0) is 0 Å². The van der Waals surface area contributed by atoms with Crippen molar-refractivity contribution in [1.82, 2.24) is 20.3 Å². The molecule has 0 unspecified atom stereocenters. The normalized spacial score (nSPS) is 14.1. The molecule has 4 heterocycles. The van der Waals surface area contributed by atoms with Gasteiger partial charge in [0.05, 0.1) is 22.8 Å². The number of ether oxygens (including phenoxy) is 1. The highest BCUT2D eigenvalue weighted by Crippen LogP contribution is 2.42. The molecular formula is C21H17F2N7OS. The highest BCUT2D eigenvalue weighted by Gasteiger charge is 2.24. The largest absolute Gasteiger partial charge is 0.467 e. The van der Waals surface area contributed by atoms with E-state index in [1.807, 2.05) is 11.0 Å². The fourth-order valence-corrected chi connectivity index (χ4v) is 4.87. The molecule has 0 saturated carbocycles. The van der Waals surface area contributed by atoms with Gasteiger partial charge in [0.15, 0.2) is 5.82 Å². The highest BCUT2D eigenvalue weighted by atomic mass is 32.1. The summed E-state index contributed by atoms with van der Waals surface area (Å²) in [6.45, 7) is 2.92. The number of hydrogen-bond acceptors (Lipinski definition) is 9. The fraction of sp³-hybridized carbons (Fsp3) is 0.238. The summed E-state index contributed by atoms with van der Waals surface area (Å²) in [5.74, 6) is -0.706. The van der Waals surface area contributed by atoms with E-state index in [0.29, 0.717) is 24.3 Å². The van der Waals surface area contributed by atoms with Gasteiger partial charge in [0.25, 0.3) is 0 Å². The standard InChI is InChI=1S/C21H17F2N7OS/c1-31-21-28-17-12(20(29-21)30-6-4-26-5-7-30)9-27-16(15(17)23)10-2-3-13(22)18-14(10)11(8-24)19(25)32-18/h2-3,9,26H,4-7,25H2,1H3. The van der Waals surface area contributed by atoms with E-state index in [9.17, 15) is 9.65 Å². The Labute approximate surface area is 185 Å². The van der Waals surface area contributed by atoms with E-state index in [-0.39, 0.29) is 43.4 Å². The van der Waals surface area contributed by atoms with Crippen LogP contribution in [0, 0.1) is 23.0 Å². The van der Waals surface area contributed by atoms with Crippen LogP contribution in [0.3, 0.4) is 0 Å². The third kappa shape index (κ3) is 3.07. The van der Waals surface area contributed by atoms with Crippen LogP contribution in [-0.4, -0.2) is 48.2 Å². The SMILES string of the molecule is COc1nc(N2CCNCC2)c2cnc(-c3ccc(F)c4sc(N)c(C#N)c34)c(F)c2n1. The third-order valence-corrected chi connectivity index (χ3v) is 6.45. The summed E-state index contributed by atoms with van der Waals surface area (Å²) in [5.41, 5.74) is 6.27. The second kappa shape index (κ2) is 7.81. The first-order valence-electron chi connectivity index (χ1n) is 9.80. The number of benzene rings is 1. The Kier molecular flexibility index (Phi) is 4.96. The molecule has 3 aromatic heterocycles. The number of aromatic nitrogens is 3. The molecule has 0 amide bonds. The Morgan fingerprint density at radius 3 is 2.75 bits per heavy atom. The minimum absolute atomic E-state index is 0.0313. The van der Waals surface area contributed by atoms with Gasteiger partial charge >= 0.3 is 6.01 Å². The van der Waals surface area contributed by atoms with Crippen molar-refractivity contribution in [3.8, 4) is 23.3 Å². The molecule has 1 aromatic carbocycles. The number of methoxy groups -OCH3 is 1. The molecule has 5 rings (SSSR count). The maximum atomic E-state index is 15.8. The molecule has 32 heavy (non-hydrogen) atoms. The van der Waals surface area contributed by atoms with E-state index >= 15 is 4.39 Å². The van der Waals surface area contributed by atoms with Crippen LogP contribution in [0.4, 0.5) is 19.6 Å². The van der Waals surface area contributed by atoms with E-state index in [0.717, 1.165) is 24.4 Å². The van der Waals surface area contributed by atoms with Crippen LogP contribution in [0.1, 0.15) is 5.56 Å². The number of fused-ring (bicyclic) bond motifs is 2. The molecule has 0 atom stereocenters. The predicted octanol–water partition coefficient (Wildman–Crippen LogP) is 3.06. The molecule has 8 nitrogen and oxygen atoms in total. The van der Waals surface area contributed by atoms with E-state index in [1.54, 1.807) is 0 Å². The van der Waals surface area contributed by atoms with Crippen LogP contribution in [0.25, 0.3) is 32.2 Å². The van der Waals surface area contributed by atoms with Crippen molar-refractivity contribution in [2.75, 3.05) is 43.9 Å². The summed E-state index contributed by atoms with van der Waals surface area (Å²) in [7, 11) is 1.42. The minimum atomic E-state index is -0.707. The number of halogens is 2. The lowest BCUT2D eigenvalue weighted by Gasteiger charge is -2.29. The molecule has 0 radical (unpaired) electrons. The summed E-state index contributed by atoms with van der Waals surface area (Å²) in [6.07, 6.45) is 1.50. The lowest BCUT2D eigenvalue weighted by Crippen LogP contribution is -2.44. The molecule has 4 aromatic rings.